The number of amides is 1. The molecular formula is C24H33N5O. The molecule has 2 aromatic rings. The number of hydrazone groups is 1. The lowest BCUT2D eigenvalue weighted by Crippen LogP contribution is -2.46. The minimum absolute atomic E-state index is 0.0908. The largest absolute Gasteiger partial charge is 0.368 e. The maximum Gasteiger partial charge on any atom is 0.230 e. The summed E-state index contributed by atoms with van der Waals surface area (Å²) in [5.41, 5.74) is 4.88. The summed E-state index contributed by atoms with van der Waals surface area (Å²) >= 11 is 0. The number of carbonyl (C=O) groups excluding carboxylic acids is 1. The van der Waals surface area contributed by atoms with E-state index in [1.807, 2.05) is 25.8 Å². The summed E-state index contributed by atoms with van der Waals surface area (Å²) in [5, 5.41) is 5.75. The molecule has 6 heteroatoms. The third-order valence-corrected chi connectivity index (χ3v) is 5.81. The molecule has 0 spiro atoms. The average molecular weight is 408 g/mol. The van der Waals surface area contributed by atoms with Gasteiger partial charge in [0.1, 0.15) is 6.34 Å². The second-order valence-corrected chi connectivity index (χ2v) is 7.91. The molecule has 3 rings (SSSR count). The van der Waals surface area contributed by atoms with Crippen molar-refractivity contribution in [3.8, 4) is 0 Å². The molecule has 0 aromatic heterocycles. The predicted molar refractivity (Wildman–Crippen MR) is 127 cm³/mol. The monoisotopic (exact) mass is 407 g/mol. The Hall–Kier alpha value is -3.02. The molecule has 6 nitrogen and oxygen atoms in total. The summed E-state index contributed by atoms with van der Waals surface area (Å²) in [6.45, 7) is 10.2. The van der Waals surface area contributed by atoms with Crippen LogP contribution in [0.4, 0.5) is 17.1 Å². The first kappa shape index (κ1) is 21.7. The average Bonchev–Trinajstić information content (AvgIpc) is 2.80. The molecule has 0 radical (unpaired) electrons. The highest BCUT2D eigenvalue weighted by Crippen LogP contribution is 2.23. The van der Waals surface area contributed by atoms with Crippen molar-refractivity contribution in [1.82, 2.24) is 5.01 Å². The molecule has 1 saturated heterocycles. The van der Waals surface area contributed by atoms with Gasteiger partial charge < -0.3 is 14.7 Å². The molecule has 0 bridgehead atoms. The third kappa shape index (κ3) is 5.32. The van der Waals surface area contributed by atoms with Crippen molar-refractivity contribution in [2.75, 3.05) is 47.9 Å². The Bertz CT molecular complexity index is 826. The lowest BCUT2D eigenvalue weighted by atomic mass is 10.2. The molecule has 1 aliphatic rings. The van der Waals surface area contributed by atoms with Crippen LogP contribution >= 0.6 is 0 Å². The Morgan fingerprint density at radius 2 is 1.47 bits per heavy atom. The van der Waals surface area contributed by atoms with Crippen molar-refractivity contribution in [2.24, 2.45) is 5.10 Å². The Morgan fingerprint density at radius 3 is 1.93 bits per heavy atom. The zero-order valence-corrected chi connectivity index (χ0v) is 18.5. The molecule has 160 valence electrons. The highest BCUT2D eigenvalue weighted by atomic mass is 16.1. The Morgan fingerprint density at radius 1 is 0.967 bits per heavy atom. The van der Waals surface area contributed by atoms with Crippen molar-refractivity contribution < 1.29 is 4.79 Å². The fourth-order valence-electron chi connectivity index (χ4n) is 3.51. The van der Waals surface area contributed by atoms with Gasteiger partial charge in [0.15, 0.2) is 0 Å². The van der Waals surface area contributed by atoms with Crippen molar-refractivity contribution in [3.63, 3.8) is 0 Å². The van der Waals surface area contributed by atoms with Gasteiger partial charge >= 0.3 is 0 Å². The van der Waals surface area contributed by atoms with Gasteiger partial charge in [0.2, 0.25) is 6.41 Å². The van der Waals surface area contributed by atoms with Crippen molar-refractivity contribution in [1.29, 1.82) is 0 Å². The van der Waals surface area contributed by atoms with Crippen LogP contribution in [-0.2, 0) is 4.79 Å². The van der Waals surface area contributed by atoms with Crippen LogP contribution in [-0.4, -0.2) is 57.0 Å². The zero-order chi connectivity index (χ0) is 21.5. The predicted octanol–water partition coefficient (Wildman–Crippen LogP) is 3.96. The second kappa shape index (κ2) is 10.1. The number of anilines is 3. The van der Waals surface area contributed by atoms with Crippen LogP contribution in [0.3, 0.4) is 0 Å². The molecule has 0 aliphatic carbocycles. The van der Waals surface area contributed by atoms with E-state index >= 15 is 0 Å². The number of rotatable bonds is 8. The second-order valence-electron chi connectivity index (χ2n) is 7.91. The van der Waals surface area contributed by atoms with E-state index in [1.54, 1.807) is 6.34 Å². The van der Waals surface area contributed by atoms with Gasteiger partial charge in [-0.05, 0) is 56.7 Å². The zero-order valence-electron chi connectivity index (χ0n) is 18.5. The molecule has 0 saturated carbocycles. The van der Waals surface area contributed by atoms with E-state index in [4.69, 9.17) is 0 Å². The SMILES string of the molecule is CCC(C)N(C=O)/N=C\N(C)c1ccc(N2CCN(c3ccc(C)cc3)CC2)cc1. The first-order valence-corrected chi connectivity index (χ1v) is 10.7. The fourth-order valence-corrected chi connectivity index (χ4v) is 3.51. The van der Waals surface area contributed by atoms with Gasteiger partial charge in [-0.25, -0.2) is 5.01 Å². The normalized spacial score (nSPS) is 15.3. The van der Waals surface area contributed by atoms with E-state index in [0.717, 1.165) is 44.7 Å². The van der Waals surface area contributed by atoms with Crippen LogP contribution in [0.25, 0.3) is 0 Å². The summed E-state index contributed by atoms with van der Waals surface area (Å²) in [6, 6.07) is 17.4. The van der Waals surface area contributed by atoms with Crippen LogP contribution < -0.4 is 14.7 Å². The van der Waals surface area contributed by atoms with E-state index in [-0.39, 0.29) is 6.04 Å². The van der Waals surface area contributed by atoms with E-state index in [9.17, 15) is 4.79 Å². The van der Waals surface area contributed by atoms with Crippen LogP contribution in [0.5, 0.6) is 0 Å². The van der Waals surface area contributed by atoms with Gasteiger partial charge in [-0.15, -0.1) is 0 Å². The number of aryl methyl sites for hydroxylation is 1. The maximum absolute atomic E-state index is 11.2. The molecule has 2 aromatic carbocycles. The number of carbonyl (C=O) groups is 1. The van der Waals surface area contributed by atoms with Gasteiger partial charge in [0.25, 0.3) is 0 Å². The minimum Gasteiger partial charge on any atom is -0.368 e. The minimum atomic E-state index is 0.0908. The Balaban J connectivity index is 1.57. The van der Waals surface area contributed by atoms with Crippen LogP contribution in [0.2, 0.25) is 0 Å². The molecule has 1 aliphatic heterocycles. The molecule has 1 fully saturated rings. The summed E-state index contributed by atoms with van der Waals surface area (Å²) in [7, 11) is 1.94. The highest BCUT2D eigenvalue weighted by molar-refractivity contribution is 5.79. The summed E-state index contributed by atoms with van der Waals surface area (Å²) in [6.07, 6.45) is 3.33. The molecule has 0 N–H and O–H groups in total. The molecule has 30 heavy (non-hydrogen) atoms. The van der Waals surface area contributed by atoms with E-state index in [2.05, 4.69) is 70.4 Å². The molecule has 1 atom stereocenters. The van der Waals surface area contributed by atoms with E-state index in [0.29, 0.717) is 0 Å². The standard InChI is InChI=1S/C24H33N5O/c1-5-21(3)29(19-30)25-18-26(4)22-10-12-24(13-11-22)28-16-14-27(15-17-28)23-8-6-20(2)7-9-23/h6-13,18-19,21H,5,14-17H2,1-4H3/b25-18-. The van der Waals surface area contributed by atoms with Gasteiger partial charge in [0, 0.05) is 50.3 Å². The number of nitrogens with zero attached hydrogens (tertiary/aromatic N) is 5. The number of piperazine rings is 1. The first-order chi connectivity index (χ1) is 14.5. The Labute approximate surface area is 180 Å². The quantitative estimate of drug-likeness (QED) is 0.288. The molecular weight excluding hydrogens is 374 g/mol. The highest BCUT2D eigenvalue weighted by Gasteiger charge is 2.17. The van der Waals surface area contributed by atoms with Gasteiger partial charge in [0.05, 0.1) is 6.04 Å². The molecule has 1 amide bonds. The van der Waals surface area contributed by atoms with Crippen LogP contribution in [0.15, 0.2) is 53.6 Å². The van der Waals surface area contributed by atoms with Crippen molar-refractivity contribution in [2.45, 2.75) is 33.2 Å². The lowest BCUT2D eigenvalue weighted by Gasteiger charge is -2.37. The smallest absolute Gasteiger partial charge is 0.230 e. The summed E-state index contributed by atoms with van der Waals surface area (Å²) < 4.78 is 0. The van der Waals surface area contributed by atoms with Crippen LogP contribution in [0.1, 0.15) is 25.8 Å². The van der Waals surface area contributed by atoms with Gasteiger partial charge in [-0.3, -0.25) is 4.79 Å². The maximum atomic E-state index is 11.2. The van der Waals surface area contributed by atoms with Gasteiger partial charge in [-0.1, -0.05) is 24.6 Å². The first-order valence-electron chi connectivity index (χ1n) is 10.7. The summed E-state index contributed by atoms with van der Waals surface area (Å²) in [4.78, 5) is 18.0. The molecule has 1 heterocycles. The Kier molecular flexibility index (Phi) is 7.33. The van der Waals surface area contributed by atoms with Gasteiger partial charge in [-0.2, -0.15) is 5.10 Å². The third-order valence-electron chi connectivity index (χ3n) is 5.81. The topological polar surface area (TPSA) is 42.4 Å². The summed E-state index contributed by atoms with van der Waals surface area (Å²) in [5.74, 6) is 0. The van der Waals surface area contributed by atoms with Crippen LogP contribution in [0, 0.1) is 6.92 Å². The van der Waals surface area contributed by atoms with E-state index < -0.39 is 0 Å². The van der Waals surface area contributed by atoms with Crippen molar-refractivity contribution in [3.05, 3.63) is 54.1 Å². The fraction of sp³-hybridized carbons (Fsp3) is 0.417. The number of hydrogen-bond acceptors (Lipinski definition) is 4. The lowest BCUT2D eigenvalue weighted by molar-refractivity contribution is -0.119. The molecule has 1 unspecified atom stereocenters. The number of benzene rings is 2. The van der Waals surface area contributed by atoms with Crippen molar-refractivity contribution >= 4 is 29.8 Å². The van der Waals surface area contributed by atoms with E-state index in [1.165, 1.54) is 21.9 Å². The number of hydrogen-bond donors (Lipinski definition) is 0.